The van der Waals surface area contributed by atoms with E-state index in [2.05, 4.69) is 68.0 Å². The van der Waals surface area contributed by atoms with Crippen molar-refractivity contribution >= 4 is 31.9 Å². The molecule has 0 saturated carbocycles. The quantitative estimate of drug-likeness (QED) is 0.756. The Bertz CT molecular complexity index is 595. The van der Waals surface area contributed by atoms with Crippen molar-refractivity contribution < 1.29 is 0 Å². The molecule has 21 heavy (non-hydrogen) atoms. The zero-order valence-electron chi connectivity index (χ0n) is 12.5. The van der Waals surface area contributed by atoms with Crippen LogP contribution in [-0.4, -0.2) is 21.3 Å². The number of hydrogen-bond donors (Lipinski definition) is 1. The first-order chi connectivity index (χ1) is 10.1. The molecular formula is C15H20Br2N4. The number of nitrogens with one attached hydrogen (secondary N) is 1. The SMILES string of the molecule is CCCNC(c1ncccc1Br)c1c(Br)cnn1C(C)C. The van der Waals surface area contributed by atoms with E-state index >= 15 is 0 Å². The maximum absolute atomic E-state index is 4.56. The topological polar surface area (TPSA) is 42.7 Å². The minimum absolute atomic E-state index is 0.000185. The summed E-state index contributed by atoms with van der Waals surface area (Å²) in [5.74, 6) is 0. The molecule has 1 N–H and O–H groups in total. The molecular weight excluding hydrogens is 396 g/mol. The van der Waals surface area contributed by atoms with Gasteiger partial charge in [0.05, 0.1) is 28.1 Å². The maximum Gasteiger partial charge on any atom is 0.0945 e. The molecule has 0 amide bonds. The summed E-state index contributed by atoms with van der Waals surface area (Å²) in [4.78, 5) is 4.56. The van der Waals surface area contributed by atoms with E-state index in [0.29, 0.717) is 6.04 Å². The summed E-state index contributed by atoms with van der Waals surface area (Å²) in [6.07, 6.45) is 4.74. The Kier molecular flexibility index (Phi) is 5.96. The van der Waals surface area contributed by atoms with Gasteiger partial charge in [0.15, 0.2) is 0 Å². The second kappa shape index (κ2) is 7.51. The molecule has 1 unspecified atom stereocenters. The molecule has 0 fully saturated rings. The lowest BCUT2D eigenvalue weighted by molar-refractivity contribution is 0.466. The molecule has 0 aromatic carbocycles. The van der Waals surface area contributed by atoms with Crippen molar-refractivity contribution in [2.45, 2.75) is 39.3 Å². The van der Waals surface area contributed by atoms with Crippen LogP contribution in [0, 0.1) is 0 Å². The van der Waals surface area contributed by atoms with E-state index in [1.807, 2.05) is 29.2 Å². The average molecular weight is 416 g/mol. The van der Waals surface area contributed by atoms with E-state index in [9.17, 15) is 0 Å². The van der Waals surface area contributed by atoms with Crippen molar-refractivity contribution in [3.05, 3.63) is 44.9 Å². The Morgan fingerprint density at radius 3 is 2.67 bits per heavy atom. The van der Waals surface area contributed by atoms with E-state index in [1.54, 1.807) is 0 Å². The van der Waals surface area contributed by atoms with Gasteiger partial charge in [0.2, 0.25) is 0 Å². The third kappa shape index (κ3) is 3.73. The van der Waals surface area contributed by atoms with Gasteiger partial charge < -0.3 is 5.32 Å². The van der Waals surface area contributed by atoms with Crippen molar-refractivity contribution in [1.82, 2.24) is 20.1 Å². The fraction of sp³-hybridized carbons (Fsp3) is 0.467. The fourth-order valence-corrected chi connectivity index (χ4v) is 3.24. The second-order valence-corrected chi connectivity index (χ2v) is 6.88. The summed E-state index contributed by atoms with van der Waals surface area (Å²) in [5.41, 5.74) is 2.09. The predicted molar refractivity (Wildman–Crippen MR) is 92.4 cm³/mol. The minimum Gasteiger partial charge on any atom is -0.304 e. The van der Waals surface area contributed by atoms with Gasteiger partial charge in [0.25, 0.3) is 0 Å². The monoisotopic (exact) mass is 414 g/mol. The summed E-state index contributed by atoms with van der Waals surface area (Å²) in [6, 6.07) is 4.24. The molecule has 0 radical (unpaired) electrons. The highest BCUT2D eigenvalue weighted by atomic mass is 79.9. The van der Waals surface area contributed by atoms with Crippen molar-refractivity contribution in [1.29, 1.82) is 0 Å². The number of pyridine rings is 1. The number of rotatable bonds is 6. The third-order valence-electron chi connectivity index (χ3n) is 3.21. The lowest BCUT2D eigenvalue weighted by atomic mass is 10.1. The molecule has 0 aliphatic carbocycles. The molecule has 6 heteroatoms. The minimum atomic E-state index is -0.000185. The fourth-order valence-electron chi connectivity index (χ4n) is 2.25. The average Bonchev–Trinajstić information content (AvgIpc) is 2.83. The largest absolute Gasteiger partial charge is 0.304 e. The molecule has 0 aliphatic heterocycles. The van der Waals surface area contributed by atoms with Crippen LogP contribution in [0.15, 0.2) is 33.5 Å². The molecule has 4 nitrogen and oxygen atoms in total. The number of aromatic nitrogens is 3. The molecule has 2 rings (SSSR count). The van der Waals surface area contributed by atoms with E-state index < -0.39 is 0 Å². The molecule has 114 valence electrons. The van der Waals surface area contributed by atoms with Crippen molar-refractivity contribution in [2.75, 3.05) is 6.54 Å². The second-order valence-electron chi connectivity index (χ2n) is 5.17. The maximum atomic E-state index is 4.56. The third-order valence-corrected chi connectivity index (χ3v) is 4.49. The normalized spacial score (nSPS) is 12.9. The van der Waals surface area contributed by atoms with Gasteiger partial charge in [0.1, 0.15) is 0 Å². The van der Waals surface area contributed by atoms with Gasteiger partial charge in [-0.2, -0.15) is 5.10 Å². The van der Waals surface area contributed by atoms with E-state index in [4.69, 9.17) is 0 Å². The molecule has 2 heterocycles. The standard InChI is InChI=1S/C15H20Br2N4/c1-4-7-18-14(13-11(16)6-5-8-19-13)15-12(17)9-20-21(15)10(2)3/h5-6,8-10,14,18H,4,7H2,1-3H3. The highest BCUT2D eigenvalue weighted by molar-refractivity contribution is 9.10. The van der Waals surface area contributed by atoms with Gasteiger partial charge in [-0.05, 0) is 70.8 Å². The summed E-state index contributed by atoms with van der Waals surface area (Å²) >= 11 is 7.25. The van der Waals surface area contributed by atoms with Crippen LogP contribution in [0.2, 0.25) is 0 Å². The van der Waals surface area contributed by atoms with Crippen LogP contribution in [-0.2, 0) is 0 Å². The zero-order valence-corrected chi connectivity index (χ0v) is 15.6. The zero-order chi connectivity index (χ0) is 15.4. The van der Waals surface area contributed by atoms with Crippen molar-refractivity contribution in [2.24, 2.45) is 0 Å². The molecule has 0 bridgehead atoms. The smallest absolute Gasteiger partial charge is 0.0945 e. The van der Waals surface area contributed by atoms with Gasteiger partial charge in [-0.3, -0.25) is 9.67 Å². The Morgan fingerprint density at radius 1 is 1.29 bits per heavy atom. The van der Waals surface area contributed by atoms with E-state index in [-0.39, 0.29) is 6.04 Å². The summed E-state index contributed by atoms with van der Waals surface area (Å²) < 4.78 is 4.04. The Labute approximate surface area is 142 Å². The van der Waals surface area contributed by atoms with Crippen LogP contribution in [0.1, 0.15) is 50.7 Å². The molecule has 1 atom stereocenters. The highest BCUT2D eigenvalue weighted by Gasteiger charge is 2.25. The summed E-state index contributed by atoms with van der Waals surface area (Å²) in [5, 5.41) is 8.07. The van der Waals surface area contributed by atoms with Gasteiger partial charge >= 0.3 is 0 Å². The lowest BCUT2D eigenvalue weighted by Gasteiger charge is -2.22. The van der Waals surface area contributed by atoms with Crippen LogP contribution in [0.25, 0.3) is 0 Å². The number of halogens is 2. The highest BCUT2D eigenvalue weighted by Crippen LogP contribution is 2.32. The lowest BCUT2D eigenvalue weighted by Crippen LogP contribution is -2.27. The van der Waals surface area contributed by atoms with Crippen LogP contribution >= 0.6 is 31.9 Å². The van der Waals surface area contributed by atoms with Crippen LogP contribution in [0.5, 0.6) is 0 Å². The van der Waals surface area contributed by atoms with Crippen LogP contribution in [0.3, 0.4) is 0 Å². The molecule has 0 aliphatic rings. The first-order valence-electron chi connectivity index (χ1n) is 7.13. The van der Waals surface area contributed by atoms with E-state index in [0.717, 1.165) is 33.3 Å². The Morgan fingerprint density at radius 2 is 2.05 bits per heavy atom. The molecule has 2 aromatic rings. The van der Waals surface area contributed by atoms with Crippen LogP contribution in [0.4, 0.5) is 0 Å². The predicted octanol–water partition coefficient (Wildman–Crippen LogP) is 4.47. The Hall–Kier alpha value is -0.720. The molecule has 2 aromatic heterocycles. The van der Waals surface area contributed by atoms with E-state index in [1.165, 1.54) is 0 Å². The first-order valence-corrected chi connectivity index (χ1v) is 8.71. The number of nitrogens with zero attached hydrogens (tertiary/aromatic N) is 3. The first kappa shape index (κ1) is 16.6. The molecule has 0 saturated heterocycles. The van der Waals surface area contributed by atoms with Gasteiger partial charge in [0, 0.05) is 16.7 Å². The van der Waals surface area contributed by atoms with Gasteiger partial charge in [-0.15, -0.1) is 0 Å². The summed E-state index contributed by atoms with van der Waals surface area (Å²) in [7, 11) is 0. The Balaban J connectivity index is 2.51. The van der Waals surface area contributed by atoms with Gasteiger partial charge in [-0.25, -0.2) is 0 Å². The van der Waals surface area contributed by atoms with Crippen molar-refractivity contribution in [3.63, 3.8) is 0 Å². The van der Waals surface area contributed by atoms with Gasteiger partial charge in [-0.1, -0.05) is 6.92 Å². The summed E-state index contributed by atoms with van der Waals surface area (Å²) in [6.45, 7) is 7.34. The van der Waals surface area contributed by atoms with Crippen LogP contribution < -0.4 is 5.32 Å². The molecule has 0 spiro atoms. The number of hydrogen-bond acceptors (Lipinski definition) is 3. The van der Waals surface area contributed by atoms with Crippen molar-refractivity contribution in [3.8, 4) is 0 Å².